The maximum absolute atomic E-state index is 3.77. The van der Waals surface area contributed by atoms with Crippen molar-refractivity contribution in [3.8, 4) is 0 Å². The molecule has 0 heterocycles. The van der Waals surface area contributed by atoms with Crippen LogP contribution in [0.3, 0.4) is 0 Å². The number of hydrogen-bond donors (Lipinski definition) is 1. The zero-order valence-corrected chi connectivity index (χ0v) is 12.8. The van der Waals surface area contributed by atoms with Gasteiger partial charge in [0.15, 0.2) is 0 Å². The number of anilines is 1. The smallest absolute Gasteiger partial charge is 0.0570 e. The Morgan fingerprint density at radius 2 is 1.65 bits per heavy atom. The van der Waals surface area contributed by atoms with Crippen LogP contribution in [0.1, 0.15) is 42.1 Å². The Morgan fingerprint density at radius 1 is 1.00 bits per heavy atom. The summed E-state index contributed by atoms with van der Waals surface area (Å²) in [4.78, 5) is 0. The zero-order chi connectivity index (χ0) is 14.3. The van der Waals surface area contributed by atoms with E-state index < -0.39 is 0 Å². The molecule has 1 aliphatic rings. The zero-order valence-electron chi connectivity index (χ0n) is 12.8. The Morgan fingerprint density at radius 3 is 2.35 bits per heavy atom. The second-order valence-electron chi connectivity index (χ2n) is 6.82. The molecule has 0 saturated carbocycles. The Bertz CT molecular complexity index is 620. The molecule has 0 aliphatic heterocycles. The first-order valence-corrected chi connectivity index (χ1v) is 7.38. The van der Waals surface area contributed by atoms with Crippen molar-refractivity contribution in [2.24, 2.45) is 5.41 Å². The Labute approximate surface area is 122 Å². The monoisotopic (exact) mass is 265 g/mol. The summed E-state index contributed by atoms with van der Waals surface area (Å²) in [7, 11) is 0. The largest absolute Gasteiger partial charge is 0.378 e. The molecule has 1 atom stereocenters. The molecule has 20 heavy (non-hydrogen) atoms. The molecule has 0 aromatic heterocycles. The van der Waals surface area contributed by atoms with E-state index in [9.17, 15) is 0 Å². The van der Waals surface area contributed by atoms with Gasteiger partial charge in [0.1, 0.15) is 0 Å². The quantitative estimate of drug-likeness (QED) is 0.802. The summed E-state index contributed by atoms with van der Waals surface area (Å²) >= 11 is 0. The Hall–Kier alpha value is -1.76. The SMILES string of the molecule is Cc1cc(C)cc(NC2c3ccccc3CC2(C)C)c1. The lowest BCUT2D eigenvalue weighted by Gasteiger charge is -2.29. The van der Waals surface area contributed by atoms with Gasteiger partial charge in [-0.25, -0.2) is 0 Å². The van der Waals surface area contributed by atoms with Gasteiger partial charge >= 0.3 is 0 Å². The average molecular weight is 265 g/mol. The molecule has 0 saturated heterocycles. The molecule has 0 amide bonds. The van der Waals surface area contributed by atoms with Crippen LogP contribution in [-0.4, -0.2) is 0 Å². The van der Waals surface area contributed by atoms with Crippen molar-refractivity contribution >= 4 is 5.69 Å². The van der Waals surface area contributed by atoms with E-state index >= 15 is 0 Å². The fourth-order valence-electron chi connectivity index (χ4n) is 3.49. The molecule has 1 N–H and O–H groups in total. The molecule has 0 radical (unpaired) electrons. The Balaban J connectivity index is 1.97. The molecule has 1 aliphatic carbocycles. The summed E-state index contributed by atoms with van der Waals surface area (Å²) in [5.74, 6) is 0. The van der Waals surface area contributed by atoms with Gasteiger partial charge < -0.3 is 5.32 Å². The Kier molecular flexibility index (Phi) is 3.08. The molecule has 1 nitrogen and oxygen atoms in total. The predicted octanol–water partition coefficient (Wildman–Crippen LogP) is 5.04. The fraction of sp³-hybridized carbons (Fsp3) is 0.368. The molecular formula is C19H23N. The number of hydrogen-bond acceptors (Lipinski definition) is 1. The molecule has 0 bridgehead atoms. The third-order valence-corrected chi connectivity index (χ3v) is 4.33. The maximum atomic E-state index is 3.77. The van der Waals surface area contributed by atoms with Crippen LogP contribution in [0.5, 0.6) is 0 Å². The molecule has 1 unspecified atom stereocenters. The summed E-state index contributed by atoms with van der Waals surface area (Å²) < 4.78 is 0. The van der Waals surface area contributed by atoms with Crippen LogP contribution in [0.4, 0.5) is 5.69 Å². The molecule has 104 valence electrons. The maximum Gasteiger partial charge on any atom is 0.0570 e. The van der Waals surface area contributed by atoms with Crippen molar-refractivity contribution in [2.45, 2.75) is 40.2 Å². The fourth-order valence-corrected chi connectivity index (χ4v) is 3.49. The van der Waals surface area contributed by atoms with Crippen LogP contribution < -0.4 is 5.32 Å². The van der Waals surface area contributed by atoms with E-state index in [4.69, 9.17) is 0 Å². The van der Waals surface area contributed by atoms with Gasteiger partial charge in [-0.05, 0) is 60.1 Å². The number of benzene rings is 2. The summed E-state index contributed by atoms with van der Waals surface area (Å²) in [6.07, 6.45) is 1.14. The van der Waals surface area contributed by atoms with Crippen LogP contribution in [0, 0.1) is 19.3 Å². The van der Waals surface area contributed by atoms with Crippen LogP contribution >= 0.6 is 0 Å². The van der Waals surface area contributed by atoms with E-state index in [1.807, 2.05) is 0 Å². The van der Waals surface area contributed by atoms with Gasteiger partial charge in [0.25, 0.3) is 0 Å². The molecule has 0 spiro atoms. The van der Waals surface area contributed by atoms with E-state index in [2.05, 4.69) is 75.5 Å². The molecule has 3 rings (SSSR count). The van der Waals surface area contributed by atoms with Crippen LogP contribution in [0.25, 0.3) is 0 Å². The minimum absolute atomic E-state index is 0.251. The standard InChI is InChI=1S/C19H23N/c1-13-9-14(2)11-16(10-13)20-18-17-8-6-5-7-15(17)12-19(18,3)4/h5-11,18,20H,12H2,1-4H3. The van der Waals surface area contributed by atoms with Crippen molar-refractivity contribution < 1.29 is 0 Å². The normalized spacial score (nSPS) is 19.7. The highest BCUT2D eigenvalue weighted by molar-refractivity contribution is 5.52. The highest BCUT2D eigenvalue weighted by atomic mass is 14.9. The topological polar surface area (TPSA) is 12.0 Å². The van der Waals surface area contributed by atoms with E-state index in [1.54, 1.807) is 0 Å². The van der Waals surface area contributed by atoms with E-state index in [1.165, 1.54) is 27.9 Å². The van der Waals surface area contributed by atoms with Gasteiger partial charge in [0, 0.05) is 5.69 Å². The highest BCUT2D eigenvalue weighted by Gasteiger charge is 2.38. The van der Waals surface area contributed by atoms with Crippen molar-refractivity contribution in [1.82, 2.24) is 0 Å². The first-order chi connectivity index (χ1) is 9.45. The lowest BCUT2D eigenvalue weighted by Crippen LogP contribution is -2.24. The second kappa shape index (κ2) is 4.66. The van der Waals surface area contributed by atoms with Gasteiger partial charge in [0.05, 0.1) is 6.04 Å². The van der Waals surface area contributed by atoms with Gasteiger partial charge in [0.2, 0.25) is 0 Å². The van der Waals surface area contributed by atoms with Crippen molar-refractivity contribution in [3.63, 3.8) is 0 Å². The summed E-state index contributed by atoms with van der Waals surface area (Å²) in [6, 6.07) is 15.9. The van der Waals surface area contributed by atoms with Crippen molar-refractivity contribution in [1.29, 1.82) is 0 Å². The first-order valence-electron chi connectivity index (χ1n) is 7.38. The molecular weight excluding hydrogens is 242 g/mol. The summed E-state index contributed by atoms with van der Waals surface area (Å²) in [5.41, 5.74) is 7.06. The summed E-state index contributed by atoms with van der Waals surface area (Å²) in [6.45, 7) is 9.03. The lowest BCUT2D eigenvalue weighted by atomic mass is 9.85. The van der Waals surface area contributed by atoms with Gasteiger partial charge in [-0.1, -0.05) is 44.2 Å². The van der Waals surface area contributed by atoms with E-state index in [0.717, 1.165) is 6.42 Å². The average Bonchev–Trinajstić information content (AvgIpc) is 2.59. The van der Waals surface area contributed by atoms with Crippen LogP contribution in [-0.2, 0) is 6.42 Å². The van der Waals surface area contributed by atoms with Crippen LogP contribution in [0.15, 0.2) is 42.5 Å². The molecule has 2 aromatic carbocycles. The number of fused-ring (bicyclic) bond motifs is 1. The lowest BCUT2D eigenvalue weighted by molar-refractivity contribution is 0.337. The van der Waals surface area contributed by atoms with E-state index in [-0.39, 0.29) is 5.41 Å². The predicted molar refractivity (Wildman–Crippen MR) is 86.2 cm³/mol. The van der Waals surface area contributed by atoms with Crippen molar-refractivity contribution in [3.05, 3.63) is 64.7 Å². The minimum atomic E-state index is 0.251. The number of rotatable bonds is 2. The number of nitrogens with one attached hydrogen (secondary N) is 1. The molecule has 2 aromatic rings. The number of aryl methyl sites for hydroxylation is 2. The third kappa shape index (κ3) is 2.33. The second-order valence-corrected chi connectivity index (χ2v) is 6.82. The van der Waals surface area contributed by atoms with E-state index in [0.29, 0.717) is 6.04 Å². The molecule has 1 heteroatoms. The van der Waals surface area contributed by atoms with Gasteiger partial charge in [-0.2, -0.15) is 0 Å². The summed E-state index contributed by atoms with van der Waals surface area (Å²) in [5, 5.41) is 3.77. The first kappa shape index (κ1) is 13.2. The third-order valence-electron chi connectivity index (χ3n) is 4.33. The minimum Gasteiger partial charge on any atom is -0.378 e. The molecule has 0 fully saturated rings. The van der Waals surface area contributed by atoms with Gasteiger partial charge in [-0.15, -0.1) is 0 Å². The highest BCUT2D eigenvalue weighted by Crippen LogP contribution is 2.46. The van der Waals surface area contributed by atoms with Crippen LogP contribution in [0.2, 0.25) is 0 Å². The van der Waals surface area contributed by atoms with Gasteiger partial charge in [-0.3, -0.25) is 0 Å². The van der Waals surface area contributed by atoms with Crippen molar-refractivity contribution in [2.75, 3.05) is 5.32 Å².